The van der Waals surface area contributed by atoms with Crippen LogP contribution in [0.15, 0.2) is 0 Å². The van der Waals surface area contributed by atoms with Gasteiger partial charge in [-0.05, 0) is 19.3 Å². The SMILES string of the molecule is CCCCCCCCCC(=O)NCCCCO. The van der Waals surface area contributed by atoms with Crippen LogP contribution in [0.2, 0.25) is 0 Å². The van der Waals surface area contributed by atoms with Crippen molar-refractivity contribution in [1.29, 1.82) is 0 Å². The minimum absolute atomic E-state index is 0.163. The Morgan fingerprint density at radius 2 is 1.59 bits per heavy atom. The fourth-order valence-electron chi connectivity index (χ4n) is 1.80. The topological polar surface area (TPSA) is 49.3 Å². The zero-order valence-electron chi connectivity index (χ0n) is 11.3. The number of hydrogen-bond donors (Lipinski definition) is 2. The lowest BCUT2D eigenvalue weighted by molar-refractivity contribution is -0.121. The average Bonchev–Trinajstić information content (AvgIpc) is 2.33. The smallest absolute Gasteiger partial charge is 0.219 e. The van der Waals surface area contributed by atoms with Gasteiger partial charge in [-0.2, -0.15) is 0 Å². The zero-order chi connectivity index (χ0) is 12.8. The molecule has 0 saturated heterocycles. The minimum atomic E-state index is 0.163. The van der Waals surface area contributed by atoms with Crippen molar-refractivity contribution in [2.75, 3.05) is 13.2 Å². The highest BCUT2D eigenvalue weighted by Crippen LogP contribution is 2.08. The molecule has 0 saturated carbocycles. The van der Waals surface area contributed by atoms with Crippen LogP contribution in [-0.2, 0) is 4.79 Å². The Bertz CT molecular complexity index is 172. The highest BCUT2D eigenvalue weighted by atomic mass is 16.2. The lowest BCUT2D eigenvalue weighted by Gasteiger charge is -2.04. The van der Waals surface area contributed by atoms with Crippen molar-refractivity contribution in [3.8, 4) is 0 Å². The van der Waals surface area contributed by atoms with Gasteiger partial charge in [0, 0.05) is 19.6 Å². The van der Waals surface area contributed by atoms with Crippen molar-refractivity contribution in [2.24, 2.45) is 0 Å². The molecule has 3 nitrogen and oxygen atoms in total. The molecule has 0 atom stereocenters. The molecule has 0 aromatic rings. The molecule has 0 fully saturated rings. The van der Waals surface area contributed by atoms with Crippen LogP contribution < -0.4 is 5.32 Å². The average molecular weight is 243 g/mol. The molecular weight excluding hydrogens is 214 g/mol. The summed E-state index contributed by atoms with van der Waals surface area (Å²) in [6.07, 6.45) is 11.0. The second-order valence-corrected chi connectivity index (χ2v) is 4.65. The number of amides is 1. The summed E-state index contributed by atoms with van der Waals surface area (Å²) in [6.45, 7) is 3.14. The summed E-state index contributed by atoms with van der Waals surface area (Å²) in [4.78, 5) is 11.4. The molecule has 0 aromatic carbocycles. The van der Waals surface area contributed by atoms with E-state index in [1.807, 2.05) is 0 Å². The molecule has 0 bridgehead atoms. The number of carbonyl (C=O) groups excluding carboxylic acids is 1. The maximum atomic E-state index is 11.4. The van der Waals surface area contributed by atoms with Gasteiger partial charge in [0.05, 0.1) is 0 Å². The van der Waals surface area contributed by atoms with Crippen LogP contribution >= 0.6 is 0 Å². The van der Waals surface area contributed by atoms with Gasteiger partial charge in [-0.1, -0.05) is 45.4 Å². The van der Waals surface area contributed by atoms with Crippen LogP contribution in [-0.4, -0.2) is 24.2 Å². The first-order chi connectivity index (χ1) is 8.31. The Morgan fingerprint density at radius 1 is 0.941 bits per heavy atom. The fraction of sp³-hybridized carbons (Fsp3) is 0.929. The molecule has 1 amide bonds. The maximum absolute atomic E-state index is 11.4. The highest BCUT2D eigenvalue weighted by Gasteiger charge is 1.99. The summed E-state index contributed by atoms with van der Waals surface area (Å²) in [5.74, 6) is 0.163. The van der Waals surface area contributed by atoms with Crippen molar-refractivity contribution >= 4 is 5.91 Å². The molecule has 0 spiro atoms. The third kappa shape index (κ3) is 13.4. The lowest BCUT2D eigenvalue weighted by atomic mass is 10.1. The van der Waals surface area contributed by atoms with Crippen LogP contribution in [0.5, 0.6) is 0 Å². The number of nitrogens with one attached hydrogen (secondary N) is 1. The Kier molecular flexibility index (Phi) is 13.0. The van der Waals surface area contributed by atoms with E-state index in [-0.39, 0.29) is 12.5 Å². The van der Waals surface area contributed by atoms with Crippen LogP contribution in [0.4, 0.5) is 0 Å². The highest BCUT2D eigenvalue weighted by molar-refractivity contribution is 5.75. The molecule has 0 aromatic heterocycles. The second-order valence-electron chi connectivity index (χ2n) is 4.65. The Balaban J connectivity index is 3.11. The fourth-order valence-corrected chi connectivity index (χ4v) is 1.80. The normalized spacial score (nSPS) is 10.5. The van der Waals surface area contributed by atoms with E-state index < -0.39 is 0 Å². The van der Waals surface area contributed by atoms with Gasteiger partial charge in [0.25, 0.3) is 0 Å². The first-order valence-corrected chi connectivity index (χ1v) is 7.18. The van der Waals surface area contributed by atoms with Crippen LogP contribution in [0, 0.1) is 0 Å². The third-order valence-corrected chi connectivity index (χ3v) is 2.91. The van der Waals surface area contributed by atoms with E-state index >= 15 is 0 Å². The van der Waals surface area contributed by atoms with Gasteiger partial charge < -0.3 is 10.4 Å². The summed E-state index contributed by atoms with van der Waals surface area (Å²) >= 11 is 0. The Hall–Kier alpha value is -0.570. The monoisotopic (exact) mass is 243 g/mol. The number of hydrogen-bond acceptors (Lipinski definition) is 2. The molecule has 0 unspecified atom stereocenters. The van der Waals surface area contributed by atoms with Gasteiger partial charge in [0.1, 0.15) is 0 Å². The van der Waals surface area contributed by atoms with E-state index in [2.05, 4.69) is 12.2 Å². The van der Waals surface area contributed by atoms with Crippen molar-refractivity contribution in [2.45, 2.75) is 71.1 Å². The summed E-state index contributed by atoms with van der Waals surface area (Å²) < 4.78 is 0. The number of aliphatic hydroxyl groups excluding tert-OH is 1. The van der Waals surface area contributed by atoms with Gasteiger partial charge in [0.15, 0.2) is 0 Å². The molecule has 0 aliphatic heterocycles. The van der Waals surface area contributed by atoms with Crippen molar-refractivity contribution in [3.63, 3.8) is 0 Å². The maximum Gasteiger partial charge on any atom is 0.219 e. The molecule has 0 heterocycles. The van der Waals surface area contributed by atoms with Crippen molar-refractivity contribution < 1.29 is 9.90 Å². The van der Waals surface area contributed by atoms with E-state index in [1.165, 1.54) is 38.5 Å². The molecule has 0 rings (SSSR count). The molecule has 0 aliphatic carbocycles. The Morgan fingerprint density at radius 3 is 2.24 bits per heavy atom. The van der Waals surface area contributed by atoms with Crippen LogP contribution in [0.3, 0.4) is 0 Å². The number of aliphatic hydroxyl groups is 1. The number of rotatable bonds is 12. The minimum Gasteiger partial charge on any atom is -0.396 e. The standard InChI is InChI=1S/C14H29NO2/c1-2-3-4-5-6-7-8-11-14(17)15-12-9-10-13-16/h16H,2-13H2,1H3,(H,15,17). The summed E-state index contributed by atoms with van der Waals surface area (Å²) in [5, 5.41) is 11.5. The van der Waals surface area contributed by atoms with Gasteiger partial charge >= 0.3 is 0 Å². The summed E-state index contributed by atoms with van der Waals surface area (Å²) in [5.41, 5.74) is 0. The first-order valence-electron chi connectivity index (χ1n) is 7.18. The van der Waals surface area contributed by atoms with E-state index in [1.54, 1.807) is 0 Å². The molecule has 102 valence electrons. The van der Waals surface area contributed by atoms with E-state index in [0.29, 0.717) is 13.0 Å². The molecule has 0 aliphatic rings. The molecule has 17 heavy (non-hydrogen) atoms. The molecular formula is C14H29NO2. The first kappa shape index (κ1) is 16.4. The predicted molar refractivity (Wildman–Crippen MR) is 71.9 cm³/mol. The quantitative estimate of drug-likeness (QED) is 0.518. The molecule has 0 radical (unpaired) electrons. The number of unbranched alkanes of at least 4 members (excludes halogenated alkanes) is 7. The van der Waals surface area contributed by atoms with Gasteiger partial charge in [-0.15, -0.1) is 0 Å². The number of carbonyl (C=O) groups is 1. The molecule has 3 heteroatoms. The van der Waals surface area contributed by atoms with Gasteiger partial charge in [0.2, 0.25) is 5.91 Å². The summed E-state index contributed by atoms with van der Waals surface area (Å²) in [6, 6.07) is 0. The van der Waals surface area contributed by atoms with Crippen molar-refractivity contribution in [1.82, 2.24) is 5.32 Å². The van der Waals surface area contributed by atoms with Gasteiger partial charge in [-0.25, -0.2) is 0 Å². The lowest BCUT2D eigenvalue weighted by Crippen LogP contribution is -2.24. The Labute approximate surface area is 106 Å². The van der Waals surface area contributed by atoms with Crippen LogP contribution in [0.25, 0.3) is 0 Å². The van der Waals surface area contributed by atoms with E-state index in [4.69, 9.17) is 5.11 Å². The van der Waals surface area contributed by atoms with Crippen molar-refractivity contribution in [3.05, 3.63) is 0 Å². The summed E-state index contributed by atoms with van der Waals surface area (Å²) in [7, 11) is 0. The zero-order valence-corrected chi connectivity index (χ0v) is 11.3. The third-order valence-electron chi connectivity index (χ3n) is 2.91. The second kappa shape index (κ2) is 13.5. The van der Waals surface area contributed by atoms with E-state index in [0.717, 1.165) is 19.3 Å². The molecule has 2 N–H and O–H groups in total. The predicted octanol–water partition coefficient (Wildman–Crippen LogP) is 3.02. The van der Waals surface area contributed by atoms with E-state index in [9.17, 15) is 4.79 Å². The van der Waals surface area contributed by atoms with Gasteiger partial charge in [-0.3, -0.25) is 4.79 Å². The van der Waals surface area contributed by atoms with Crippen LogP contribution in [0.1, 0.15) is 71.1 Å². The largest absolute Gasteiger partial charge is 0.396 e.